The van der Waals surface area contributed by atoms with Crippen LogP contribution in [0, 0.1) is 0 Å². The highest BCUT2D eigenvalue weighted by atomic mass is 16.7. The van der Waals surface area contributed by atoms with E-state index in [1.165, 1.54) is 61.9 Å². The summed E-state index contributed by atoms with van der Waals surface area (Å²) in [6.45, 7) is 1.99. The maximum absolute atomic E-state index is 5.71. The van der Waals surface area contributed by atoms with Crippen molar-refractivity contribution in [3.8, 4) is 0 Å². The molecule has 0 atom stereocenters. The third-order valence-corrected chi connectivity index (χ3v) is 4.32. The highest BCUT2D eigenvalue weighted by Crippen LogP contribution is 2.26. The molecule has 1 aromatic rings. The smallest absolute Gasteiger partial charge is 0.0790 e. The van der Waals surface area contributed by atoms with E-state index in [0.717, 1.165) is 6.54 Å². The minimum Gasteiger partial charge on any atom is -0.374 e. The topological polar surface area (TPSA) is 24.5 Å². The lowest BCUT2D eigenvalue weighted by Gasteiger charge is -2.27. The molecule has 0 bridgehead atoms. The third-order valence-electron chi connectivity index (χ3n) is 4.32. The Balaban J connectivity index is 1.56. The zero-order chi connectivity index (χ0) is 13.1. The standard InChI is InChI=1S/C16H24N2O/c1-18-10-4-5-14-11-13(8-9-16(14)18)12-17-19-15-6-2-3-7-15/h8-9,11,15,17H,2-7,10,12H2,1H3. The normalized spacial score (nSPS) is 19.7. The molecule has 1 aromatic carbocycles. The van der Waals surface area contributed by atoms with E-state index < -0.39 is 0 Å². The maximum atomic E-state index is 5.71. The van der Waals surface area contributed by atoms with Crippen molar-refractivity contribution in [1.82, 2.24) is 5.48 Å². The Hall–Kier alpha value is -1.06. The lowest BCUT2D eigenvalue weighted by Crippen LogP contribution is -2.25. The van der Waals surface area contributed by atoms with Gasteiger partial charge in [-0.05, 0) is 42.9 Å². The second kappa shape index (κ2) is 5.93. The van der Waals surface area contributed by atoms with E-state index >= 15 is 0 Å². The van der Waals surface area contributed by atoms with Gasteiger partial charge in [0.05, 0.1) is 6.10 Å². The quantitative estimate of drug-likeness (QED) is 0.842. The van der Waals surface area contributed by atoms with Gasteiger partial charge in [0.2, 0.25) is 0 Å². The SMILES string of the molecule is CN1CCCc2cc(CNOC3CCCC3)ccc21. The van der Waals surface area contributed by atoms with E-state index in [1.54, 1.807) is 0 Å². The van der Waals surface area contributed by atoms with Gasteiger partial charge >= 0.3 is 0 Å². The molecule has 0 radical (unpaired) electrons. The summed E-state index contributed by atoms with van der Waals surface area (Å²) in [7, 11) is 2.18. The Labute approximate surface area is 115 Å². The van der Waals surface area contributed by atoms with Gasteiger partial charge in [-0.15, -0.1) is 0 Å². The van der Waals surface area contributed by atoms with Crippen LogP contribution < -0.4 is 10.4 Å². The number of nitrogens with zero attached hydrogens (tertiary/aromatic N) is 1. The molecule has 0 saturated heterocycles. The van der Waals surface area contributed by atoms with Gasteiger partial charge < -0.3 is 4.90 Å². The molecule has 0 spiro atoms. The zero-order valence-electron chi connectivity index (χ0n) is 11.8. The predicted octanol–water partition coefficient (Wildman–Crippen LogP) is 3.03. The monoisotopic (exact) mass is 260 g/mol. The van der Waals surface area contributed by atoms with Crippen molar-refractivity contribution in [2.24, 2.45) is 0 Å². The fraction of sp³-hybridized carbons (Fsp3) is 0.625. The largest absolute Gasteiger partial charge is 0.374 e. The van der Waals surface area contributed by atoms with Crippen LogP contribution in [-0.2, 0) is 17.8 Å². The number of aryl methyl sites for hydroxylation is 1. The number of hydrogen-bond acceptors (Lipinski definition) is 3. The first-order valence-corrected chi connectivity index (χ1v) is 7.54. The molecule has 1 heterocycles. The predicted molar refractivity (Wildman–Crippen MR) is 78.2 cm³/mol. The summed E-state index contributed by atoms with van der Waals surface area (Å²) in [5.41, 5.74) is 7.35. The Kier molecular flexibility index (Phi) is 4.04. The molecule has 0 amide bonds. The molecule has 1 fully saturated rings. The van der Waals surface area contributed by atoms with Gasteiger partial charge in [0, 0.05) is 25.8 Å². The van der Waals surface area contributed by atoms with Crippen molar-refractivity contribution in [2.45, 2.75) is 51.2 Å². The van der Waals surface area contributed by atoms with Gasteiger partial charge in [-0.1, -0.05) is 25.0 Å². The summed E-state index contributed by atoms with van der Waals surface area (Å²) in [6, 6.07) is 6.79. The molecule has 1 N–H and O–H groups in total. The summed E-state index contributed by atoms with van der Waals surface area (Å²) in [5, 5.41) is 0. The number of nitrogens with one attached hydrogen (secondary N) is 1. The molecule has 1 saturated carbocycles. The second-order valence-electron chi connectivity index (χ2n) is 5.83. The summed E-state index contributed by atoms with van der Waals surface area (Å²) in [6.07, 6.45) is 7.96. The molecule has 19 heavy (non-hydrogen) atoms. The lowest BCUT2D eigenvalue weighted by molar-refractivity contribution is -0.0244. The Morgan fingerprint density at radius 3 is 2.95 bits per heavy atom. The lowest BCUT2D eigenvalue weighted by atomic mass is 10.00. The first-order valence-electron chi connectivity index (χ1n) is 7.54. The van der Waals surface area contributed by atoms with E-state index in [2.05, 4.69) is 35.6 Å². The highest BCUT2D eigenvalue weighted by Gasteiger charge is 2.16. The van der Waals surface area contributed by atoms with Crippen LogP contribution in [0.5, 0.6) is 0 Å². The van der Waals surface area contributed by atoms with Crippen LogP contribution in [-0.4, -0.2) is 19.7 Å². The third kappa shape index (κ3) is 3.10. The highest BCUT2D eigenvalue weighted by molar-refractivity contribution is 5.56. The molecule has 2 aliphatic rings. The van der Waals surface area contributed by atoms with Crippen LogP contribution in [0.1, 0.15) is 43.2 Å². The maximum Gasteiger partial charge on any atom is 0.0790 e. The van der Waals surface area contributed by atoms with Gasteiger partial charge in [-0.2, -0.15) is 5.48 Å². The van der Waals surface area contributed by atoms with Crippen molar-refractivity contribution in [1.29, 1.82) is 0 Å². The van der Waals surface area contributed by atoms with Crippen LogP contribution in [0.15, 0.2) is 18.2 Å². The van der Waals surface area contributed by atoms with Gasteiger partial charge in [0.15, 0.2) is 0 Å². The van der Waals surface area contributed by atoms with Crippen molar-refractivity contribution < 1.29 is 4.84 Å². The zero-order valence-corrected chi connectivity index (χ0v) is 11.8. The van der Waals surface area contributed by atoms with Crippen LogP contribution in [0.4, 0.5) is 5.69 Å². The van der Waals surface area contributed by atoms with E-state index in [9.17, 15) is 0 Å². The van der Waals surface area contributed by atoms with Crippen molar-refractivity contribution >= 4 is 5.69 Å². The van der Waals surface area contributed by atoms with Crippen LogP contribution >= 0.6 is 0 Å². The number of hydrogen-bond donors (Lipinski definition) is 1. The molecule has 3 rings (SSSR count). The number of rotatable bonds is 4. The molecule has 1 aliphatic carbocycles. The average molecular weight is 260 g/mol. The van der Waals surface area contributed by atoms with Gasteiger partial charge in [-0.25, -0.2) is 0 Å². The van der Waals surface area contributed by atoms with E-state index in [1.807, 2.05) is 0 Å². The summed E-state index contributed by atoms with van der Waals surface area (Å²) in [5.74, 6) is 0. The fourth-order valence-corrected chi connectivity index (χ4v) is 3.20. The van der Waals surface area contributed by atoms with E-state index in [-0.39, 0.29) is 0 Å². The molecule has 3 heteroatoms. The Morgan fingerprint density at radius 2 is 2.11 bits per heavy atom. The van der Waals surface area contributed by atoms with Crippen LogP contribution in [0.2, 0.25) is 0 Å². The molecule has 1 aliphatic heterocycles. The van der Waals surface area contributed by atoms with Crippen molar-refractivity contribution in [3.63, 3.8) is 0 Å². The first-order chi connectivity index (χ1) is 9.33. The number of fused-ring (bicyclic) bond motifs is 1. The number of benzene rings is 1. The Morgan fingerprint density at radius 1 is 1.26 bits per heavy atom. The Bertz CT molecular complexity index is 427. The average Bonchev–Trinajstić information content (AvgIpc) is 2.92. The number of hydroxylamine groups is 1. The molecular weight excluding hydrogens is 236 g/mol. The number of anilines is 1. The molecule has 0 aromatic heterocycles. The molecule has 0 unspecified atom stereocenters. The fourth-order valence-electron chi connectivity index (χ4n) is 3.20. The second-order valence-corrected chi connectivity index (χ2v) is 5.83. The van der Waals surface area contributed by atoms with Gasteiger partial charge in [0.25, 0.3) is 0 Å². The molecule has 3 nitrogen and oxygen atoms in total. The van der Waals surface area contributed by atoms with E-state index in [4.69, 9.17) is 4.84 Å². The van der Waals surface area contributed by atoms with Gasteiger partial charge in [-0.3, -0.25) is 4.84 Å². The van der Waals surface area contributed by atoms with Crippen molar-refractivity contribution in [2.75, 3.05) is 18.5 Å². The molecule has 104 valence electrons. The van der Waals surface area contributed by atoms with Gasteiger partial charge in [0.1, 0.15) is 0 Å². The first kappa shape index (κ1) is 12.9. The van der Waals surface area contributed by atoms with Crippen LogP contribution in [0.3, 0.4) is 0 Å². The summed E-state index contributed by atoms with van der Waals surface area (Å²) in [4.78, 5) is 8.06. The summed E-state index contributed by atoms with van der Waals surface area (Å²) < 4.78 is 0. The van der Waals surface area contributed by atoms with E-state index in [0.29, 0.717) is 6.10 Å². The molecular formula is C16H24N2O. The minimum atomic E-state index is 0.434. The van der Waals surface area contributed by atoms with Crippen LogP contribution in [0.25, 0.3) is 0 Å². The van der Waals surface area contributed by atoms with Crippen molar-refractivity contribution in [3.05, 3.63) is 29.3 Å². The minimum absolute atomic E-state index is 0.434. The summed E-state index contributed by atoms with van der Waals surface area (Å²) >= 11 is 0.